The number of hydrogen-bond donors (Lipinski definition) is 1. The first-order chi connectivity index (χ1) is 15.2. The van der Waals surface area contributed by atoms with Gasteiger partial charge in [0.1, 0.15) is 19.0 Å². The fraction of sp³-hybridized carbons (Fsp3) is 0.417. The number of carbonyl (C=O) groups excluding carboxylic acids is 1. The van der Waals surface area contributed by atoms with Crippen LogP contribution in [-0.2, 0) is 0 Å². The molecule has 1 N–H and O–H groups in total. The molecule has 4 aliphatic heterocycles. The van der Waals surface area contributed by atoms with E-state index in [1.807, 2.05) is 0 Å². The van der Waals surface area contributed by atoms with Crippen molar-refractivity contribution in [1.82, 2.24) is 10.2 Å². The molecule has 4 heterocycles. The van der Waals surface area contributed by atoms with Crippen LogP contribution in [0.1, 0.15) is 28.8 Å². The van der Waals surface area contributed by atoms with Gasteiger partial charge in [-0.15, -0.1) is 0 Å². The monoisotopic (exact) mass is 419 g/mol. The molecule has 2 bridgehead atoms. The minimum atomic E-state index is -0.255. The highest BCUT2D eigenvalue weighted by atomic mass is 16.6. The normalized spacial score (nSPS) is 26.0. The van der Waals surface area contributed by atoms with Gasteiger partial charge < -0.3 is 24.4 Å². The first-order valence-corrected chi connectivity index (χ1v) is 10.8. The summed E-state index contributed by atoms with van der Waals surface area (Å²) in [5.41, 5.74) is 1.18. The second-order valence-electron chi connectivity index (χ2n) is 8.38. The summed E-state index contributed by atoms with van der Waals surface area (Å²) in [6.07, 6.45) is 2.07. The van der Waals surface area contributed by atoms with Crippen molar-refractivity contribution in [2.75, 3.05) is 32.8 Å². The van der Waals surface area contributed by atoms with E-state index in [0.717, 1.165) is 32.5 Å². The van der Waals surface area contributed by atoms with E-state index in [4.69, 9.17) is 19.5 Å². The number of fused-ring (bicyclic) bond motifs is 4. The smallest absolute Gasteiger partial charge is 0.251 e. The van der Waals surface area contributed by atoms with E-state index >= 15 is 0 Å². The van der Waals surface area contributed by atoms with Gasteiger partial charge in [-0.2, -0.15) is 5.26 Å². The van der Waals surface area contributed by atoms with Crippen LogP contribution < -0.4 is 19.5 Å². The van der Waals surface area contributed by atoms with Crippen LogP contribution in [-0.4, -0.2) is 55.8 Å². The van der Waals surface area contributed by atoms with Gasteiger partial charge in [-0.3, -0.25) is 4.79 Å². The third-order valence-electron chi connectivity index (χ3n) is 6.32. The molecule has 0 aromatic heterocycles. The van der Waals surface area contributed by atoms with Crippen LogP contribution in [0, 0.1) is 17.2 Å². The number of hydrogen-bond acceptors (Lipinski definition) is 6. The third-order valence-corrected chi connectivity index (χ3v) is 6.32. The van der Waals surface area contributed by atoms with Crippen LogP contribution >= 0.6 is 0 Å². The Morgan fingerprint density at radius 3 is 2.68 bits per heavy atom. The molecule has 3 fully saturated rings. The van der Waals surface area contributed by atoms with E-state index in [2.05, 4.69) is 16.3 Å². The van der Waals surface area contributed by atoms with Crippen LogP contribution in [0.5, 0.6) is 17.2 Å². The molecule has 3 saturated heterocycles. The predicted octanol–water partition coefficient (Wildman–Crippen LogP) is 2.60. The molecule has 2 aromatic carbocycles. The molecule has 7 nitrogen and oxygen atoms in total. The molecule has 2 aromatic rings. The van der Waals surface area contributed by atoms with E-state index in [-0.39, 0.29) is 18.1 Å². The Morgan fingerprint density at radius 1 is 1.16 bits per heavy atom. The summed E-state index contributed by atoms with van der Waals surface area (Å²) >= 11 is 0. The van der Waals surface area contributed by atoms with E-state index in [1.54, 1.807) is 42.5 Å². The lowest BCUT2D eigenvalue weighted by Crippen LogP contribution is -2.57. The number of piperidine rings is 3. The molecule has 4 aliphatic rings. The minimum Gasteiger partial charge on any atom is -0.490 e. The summed E-state index contributed by atoms with van der Waals surface area (Å²) < 4.78 is 17.6. The van der Waals surface area contributed by atoms with Gasteiger partial charge in [-0.1, -0.05) is 0 Å². The largest absolute Gasteiger partial charge is 0.490 e. The molecule has 31 heavy (non-hydrogen) atoms. The molecular formula is C24H25N3O4. The Hall–Kier alpha value is -3.24. The van der Waals surface area contributed by atoms with Gasteiger partial charge in [0.05, 0.1) is 11.6 Å². The van der Waals surface area contributed by atoms with E-state index < -0.39 is 0 Å². The number of rotatable bonds is 5. The second-order valence-corrected chi connectivity index (χ2v) is 8.38. The van der Waals surface area contributed by atoms with Crippen molar-refractivity contribution in [3.8, 4) is 23.3 Å². The fourth-order valence-corrected chi connectivity index (χ4v) is 4.53. The van der Waals surface area contributed by atoms with Crippen molar-refractivity contribution in [3.63, 3.8) is 0 Å². The zero-order valence-corrected chi connectivity index (χ0v) is 17.3. The highest BCUT2D eigenvalue weighted by molar-refractivity contribution is 5.95. The Bertz CT molecular complexity index is 993. The highest BCUT2D eigenvalue weighted by Crippen LogP contribution is 2.33. The van der Waals surface area contributed by atoms with Gasteiger partial charge in [0.15, 0.2) is 17.6 Å². The Balaban J connectivity index is 1.17. The maximum atomic E-state index is 12.8. The second kappa shape index (κ2) is 8.48. The van der Waals surface area contributed by atoms with Crippen LogP contribution in [0.15, 0.2) is 42.5 Å². The number of ether oxygens (including phenoxy) is 3. The van der Waals surface area contributed by atoms with Gasteiger partial charge in [-0.25, -0.2) is 0 Å². The maximum Gasteiger partial charge on any atom is 0.251 e. The number of nitrogens with zero attached hydrogens (tertiary/aromatic N) is 2. The predicted molar refractivity (Wildman–Crippen MR) is 113 cm³/mol. The van der Waals surface area contributed by atoms with Crippen molar-refractivity contribution in [1.29, 1.82) is 5.26 Å². The summed E-state index contributed by atoms with van der Waals surface area (Å²) in [4.78, 5) is 15.2. The average Bonchev–Trinajstić information content (AvgIpc) is 2.83. The molecule has 7 heteroatoms. The topological polar surface area (TPSA) is 83.8 Å². The summed E-state index contributed by atoms with van der Waals surface area (Å²) in [7, 11) is 0. The molecule has 6 rings (SSSR count). The lowest BCUT2D eigenvalue weighted by atomic mass is 9.84. The SMILES string of the molecule is N#Cc1ccc(OC[C@H]2COc3cc(C(=O)N[C@H]4CN5CCC4CC5)ccc3O2)cc1. The molecule has 0 aliphatic carbocycles. The van der Waals surface area contributed by atoms with Crippen LogP contribution in [0.2, 0.25) is 0 Å². The molecule has 0 unspecified atom stereocenters. The molecule has 0 spiro atoms. The number of benzene rings is 2. The van der Waals surface area contributed by atoms with E-state index in [9.17, 15) is 4.79 Å². The summed E-state index contributed by atoms with van der Waals surface area (Å²) in [5, 5.41) is 12.1. The number of amides is 1. The quantitative estimate of drug-likeness (QED) is 0.802. The molecular weight excluding hydrogens is 394 g/mol. The van der Waals surface area contributed by atoms with E-state index in [0.29, 0.717) is 47.5 Å². The molecule has 2 atom stereocenters. The van der Waals surface area contributed by atoms with Crippen molar-refractivity contribution in [3.05, 3.63) is 53.6 Å². The summed E-state index contributed by atoms with van der Waals surface area (Å²) in [6, 6.07) is 14.6. The van der Waals surface area contributed by atoms with Crippen molar-refractivity contribution < 1.29 is 19.0 Å². The standard InChI is InChI=1S/C24H25N3O4/c25-12-16-1-4-19(5-2-16)29-14-20-15-30-23-11-18(3-6-22(23)31-20)24(28)26-21-13-27-9-7-17(21)8-10-27/h1-6,11,17,20-21H,7-10,13-15H2,(H,26,28)/t20-,21-/m0/s1. The highest BCUT2D eigenvalue weighted by Gasteiger charge is 2.35. The van der Waals surface area contributed by atoms with Crippen LogP contribution in [0.25, 0.3) is 0 Å². The Morgan fingerprint density at radius 2 is 1.97 bits per heavy atom. The first kappa shape index (κ1) is 19.7. The molecule has 0 saturated carbocycles. The number of nitrogens with one attached hydrogen (secondary N) is 1. The van der Waals surface area contributed by atoms with Gasteiger partial charge in [-0.05, 0) is 74.3 Å². The van der Waals surface area contributed by atoms with Gasteiger partial charge >= 0.3 is 0 Å². The fourth-order valence-electron chi connectivity index (χ4n) is 4.53. The zero-order chi connectivity index (χ0) is 21.2. The lowest BCUT2D eigenvalue weighted by Gasteiger charge is -2.44. The summed E-state index contributed by atoms with van der Waals surface area (Å²) in [5.74, 6) is 2.39. The van der Waals surface area contributed by atoms with Crippen LogP contribution in [0.4, 0.5) is 0 Å². The van der Waals surface area contributed by atoms with Gasteiger partial charge in [0, 0.05) is 18.2 Å². The lowest BCUT2D eigenvalue weighted by molar-refractivity contribution is 0.0531. The number of carbonyl (C=O) groups is 1. The first-order valence-electron chi connectivity index (χ1n) is 10.8. The Labute approximate surface area is 181 Å². The van der Waals surface area contributed by atoms with Crippen LogP contribution in [0.3, 0.4) is 0 Å². The minimum absolute atomic E-state index is 0.0589. The maximum absolute atomic E-state index is 12.8. The molecule has 0 radical (unpaired) electrons. The van der Waals surface area contributed by atoms with Crippen molar-refractivity contribution in [2.24, 2.45) is 5.92 Å². The summed E-state index contributed by atoms with van der Waals surface area (Å²) in [6.45, 7) is 3.91. The number of nitriles is 1. The van der Waals surface area contributed by atoms with Crippen molar-refractivity contribution in [2.45, 2.75) is 25.0 Å². The van der Waals surface area contributed by atoms with E-state index in [1.165, 1.54) is 0 Å². The average molecular weight is 419 g/mol. The third kappa shape index (κ3) is 4.30. The Kier molecular flexibility index (Phi) is 5.39. The molecule has 160 valence electrons. The molecule has 1 amide bonds. The van der Waals surface area contributed by atoms with Gasteiger partial charge in [0.2, 0.25) is 0 Å². The van der Waals surface area contributed by atoms with Gasteiger partial charge in [0.25, 0.3) is 5.91 Å². The zero-order valence-electron chi connectivity index (χ0n) is 17.3. The van der Waals surface area contributed by atoms with Crippen molar-refractivity contribution >= 4 is 5.91 Å².